The summed E-state index contributed by atoms with van der Waals surface area (Å²) >= 11 is 0. The lowest BCUT2D eigenvalue weighted by Crippen LogP contribution is -2.40. The molecule has 2 atom stereocenters. The molecule has 0 saturated carbocycles. The molecule has 0 saturated heterocycles. The van der Waals surface area contributed by atoms with Crippen LogP contribution in [0.15, 0.2) is 48.5 Å². The zero-order valence-electron chi connectivity index (χ0n) is 12.0. The first-order chi connectivity index (χ1) is 10.1. The fourth-order valence-corrected chi connectivity index (χ4v) is 2.05. The minimum Gasteiger partial charge on any atom is -0.488 e. The number of nitrogens with two attached hydrogens (primary N) is 1. The second kappa shape index (κ2) is 7.20. The van der Waals surface area contributed by atoms with Gasteiger partial charge in [-0.05, 0) is 30.5 Å². The van der Waals surface area contributed by atoms with E-state index in [2.05, 4.69) is 0 Å². The standard InChI is InChI=1S/C17H20FNO2/c1-12-6-5-9-16(17(12)18)21-11-15(20)14(19)10-13-7-3-2-4-8-13/h2-9,14-15,20H,10-11,19H2,1H3. The molecule has 0 aromatic heterocycles. The van der Waals surface area contributed by atoms with Crippen LogP contribution >= 0.6 is 0 Å². The number of benzene rings is 2. The predicted molar refractivity (Wildman–Crippen MR) is 80.8 cm³/mol. The third kappa shape index (κ3) is 4.28. The summed E-state index contributed by atoms with van der Waals surface area (Å²) in [5, 5.41) is 10.0. The van der Waals surface area contributed by atoms with E-state index >= 15 is 0 Å². The summed E-state index contributed by atoms with van der Waals surface area (Å²) < 4.78 is 19.1. The van der Waals surface area contributed by atoms with Crippen LogP contribution in [-0.2, 0) is 6.42 Å². The second-order valence-electron chi connectivity index (χ2n) is 5.12. The fourth-order valence-electron chi connectivity index (χ4n) is 2.05. The lowest BCUT2D eigenvalue weighted by Gasteiger charge is -2.19. The third-order valence-corrected chi connectivity index (χ3v) is 3.37. The molecule has 112 valence electrons. The molecule has 4 heteroatoms. The number of halogens is 1. The Balaban J connectivity index is 1.89. The summed E-state index contributed by atoms with van der Waals surface area (Å²) in [5.74, 6) is -0.262. The molecule has 21 heavy (non-hydrogen) atoms. The van der Waals surface area contributed by atoms with E-state index in [-0.39, 0.29) is 12.4 Å². The minimum absolute atomic E-state index is 0.0334. The number of ether oxygens (including phenoxy) is 1. The number of aliphatic hydroxyl groups excluding tert-OH is 1. The molecule has 0 aliphatic rings. The van der Waals surface area contributed by atoms with Gasteiger partial charge in [-0.1, -0.05) is 42.5 Å². The van der Waals surface area contributed by atoms with Crippen LogP contribution in [-0.4, -0.2) is 23.9 Å². The van der Waals surface area contributed by atoms with E-state index in [4.69, 9.17) is 10.5 Å². The molecular weight excluding hydrogens is 269 g/mol. The van der Waals surface area contributed by atoms with Gasteiger partial charge in [-0.3, -0.25) is 0 Å². The van der Waals surface area contributed by atoms with Crippen molar-refractivity contribution in [3.05, 3.63) is 65.5 Å². The molecule has 2 aromatic rings. The van der Waals surface area contributed by atoms with Crippen LogP contribution in [0.3, 0.4) is 0 Å². The van der Waals surface area contributed by atoms with Crippen molar-refractivity contribution in [3.8, 4) is 5.75 Å². The molecule has 0 aliphatic heterocycles. The van der Waals surface area contributed by atoms with Crippen molar-refractivity contribution in [2.75, 3.05) is 6.61 Å². The monoisotopic (exact) mass is 289 g/mol. The first-order valence-corrected chi connectivity index (χ1v) is 6.93. The van der Waals surface area contributed by atoms with E-state index in [0.717, 1.165) is 5.56 Å². The Bertz CT molecular complexity index is 574. The number of hydrogen-bond donors (Lipinski definition) is 2. The van der Waals surface area contributed by atoms with Gasteiger partial charge in [-0.2, -0.15) is 0 Å². The van der Waals surface area contributed by atoms with Crippen molar-refractivity contribution in [2.24, 2.45) is 5.73 Å². The first kappa shape index (κ1) is 15.5. The Kier molecular flexibility index (Phi) is 5.31. The Hall–Kier alpha value is -1.91. The van der Waals surface area contributed by atoms with Crippen molar-refractivity contribution in [1.82, 2.24) is 0 Å². The highest BCUT2D eigenvalue weighted by atomic mass is 19.1. The highest BCUT2D eigenvalue weighted by Gasteiger charge is 2.17. The molecule has 0 fully saturated rings. The molecule has 0 bridgehead atoms. The van der Waals surface area contributed by atoms with E-state index in [9.17, 15) is 9.50 Å². The van der Waals surface area contributed by atoms with E-state index in [1.807, 2.05) is 30.3 Å². The topological polar surface area (TPSA) is 55.5 Å². The smallest absolute Gasteiger partial charge is 0.167 e. The SMILES string of the molecule is Cc1cccc(OCC(O)C(N)Cc2ccccc2)c1F. The summed E-state index contributed by atoms with van der Waals surface area (Å²) in [6, 6.07) is 14.1. The van der Waals surface area contributed by atoms with Crippen molar-refractivity contribution >= 4 is 0 Å². The molecule has 2 rings (SSSR count). The van der Waals surface area contributed by atoms with Crippen molar-refractivity contribution in [2.45, 2.75) is 25.5 Å². The zero-order chi connectivity index (χ0) is 15.2. The Labute approximate surface area is 124 Å². The Morgan fingerprint density at radius 1 is 1.14 bits per heavy atom. The van der Waals surface area contributed by atoms with Crippen molar-refractivity contribution in [1.29, 1.82) is 0 Å². The van der Waals surface area contributed by atoms with Gasteiger partial charge in [0.1, 0.15) is 12.7 Å². The van der Waals surface area contributed by atoms with Gasteiger partial charge in [0.05, 0.1) is 0 Å². The predicted octanol–water partition coefficient (Wildman–Crippen LogP) is 2.44. The molecule has 3 nitrogen and oxygen atoms in total. The summed E-state index contributed by atoms with van der Waals surface area (Å²) in [7, 11) is 0. The second-order valence-corrected chi connectivity index (χ2v) is 5.12. The van der Waals surface area contributed by atoms with Crippen LogP contribution in [0.4, 0.5) is 4.39 Å². The summed E-state index contributed by atoms with van der Waals surface area (Å²) in [5.41, 5.74) is 7.51. The molecule has 0 amide bonds. The maximum absolute atomic E-state index is 13.8. The number of hydrogen-bond acceptors (Lipinski definition) is 3. The van der Waals surface area contributed by atoms with Crippen molar-refractivity contribution in [3.63, 3.8) is 0 Å². The van der Waals surface area contributed by atoms with Gasteiger partial charge in [0, 0.05) is 6.04 Å². The van der Waals surface area contributed by atoms with E-state index in [1.165, 1.54) is 6.07 Å². The van der Waals surface area contributed by atoms with Gasteiger partial charge in [0.15, 0.2) is 11.6 Å². The van der Waals surface area contributed by atoms with Gasteiger partial charge in [-0.15, -0.1) is 0 Å². The Morgan fingerprint density at radius 3 is 2.57 bits per heavy atom. The lowest BCUT2D eigenvalue weighted by atomic mass is 10.0. The summed E-state index contributed by atoms with van der Waals surface area (Å²) in [6.45, 7) is 1.63. The van der Waals surface area contributed by atoms with Crippen molar-refractivity contribution < 1.29 is 14.2 Å². The molecular formula is C17H20FNO2. The third-order valence-electron chi connectivity index (χ3n) is 3.37. The highest BCUT2D eigenvalue weighted by molar-refractivity contribution is 5.30. The molecule has 2 unspecified atom stereocenters. The number of rotatable bonds is 6. The molecule has 2 aromatic carbocycles. The van der Waals surface area contributed by atoms with E-state index < -0.39 is 18.0 Å². The van der Waals surface area contributed by atoms with E-state index in [0.29, 0.717) is 12.0 Å². The molecule has 0 heterocycles. The minimum atomic E-state index is -0.856. The largest absolute Gasteiger partial charge is 0.488 e. The number of aliphatic hydroxyl groups is 1. The lowest BCUT2D eigenvalue weighted by molar-refractivity contribution is 0.0832. The average Bonchev–Trinajstić information content (AvgIpc) is 2.49. The first-order valence-electron chi connectivity index (χ1n) is 6.93. The van der Waals surface area contributed by atoms with Crippen LogP contribution in [0.2, 0.25) is 0 Å². The van der Waals surface area contributed by atoms with Gasteiger partial charge in [0.2, 0.25) is 0 Å². The molecule has 3 N–H and O–H groups in total. The van der Waals surface area contributed by atoms with E-state index in [1.54, 1.807) is 19.1 Å². The van der Waals surface area contributed by atoms with Gasteiger partial charge in [-0.25, -0.2) is 4.39 Å². The maximum atomic E-state index is 13.8. The van der Waals surface area contributed by atoms with Crippen LogP contribution < -0.4 is 10.5 Å². The van der Waals surface area contributed by atoms with Gasteiger partial charge >= 0.3 is 0 Å². The number of aryl methyl sites for hydroxylation is 1. The molecule has 0 radical (unpaired) electrons. The normalized spacial score (nSPS) is 13.7. The van der Waals surface area contributed by atoms with Gasteiger partial charge < -0.3 is 15.6 Å². The highest BCUT2D eigenvalue weighted by Crippen LogP contribution is 2.20. The average molecular weight is 289 g/mol. The quantitative estimate of drug-likeness (QED) is 0.859. The molecule has 0 spiro atoms. The molecule has 0 aliphatic carbocycles. The van der Waals surface area contributed by atoms with Crippen LogP contribution in [0.1, 0.15) is 11.1 Å². The van der Waals surface area contributed by atoms with Crippen LogP contribution in [0.25, 0.3) is 0 Å². The zero-order valence-corrected chi connectivity index (χ0v) is 12.0. The summed E-state index contributed by atoms with van der Waals surface area (Å²) in [4.78, 5) is 0. The van der Waals surface area contributed by atoms with Crippen LogP contribution in [0, 0.1) is 12.7 Å². The maximum Gasteiger partial charge on any atom is 0.167 e. The van der Waals surface area contributed by atoms with Crippen LogP contribution in [0.5, 0.6) is 5.75 Å². The fraction of sp³-hybridized carbons (Fsp3) is 0.294. The summed E-state index contributed by atoms with van der Waals surface area (Å²) in [6.07, 6.45) is -0.313. The van der Waals surface area contributed by atoms with Gasteiger partial charge in [0.25, 0.3) is 0 Å². The Morgan fingerprint density at radius 2 is 1.86 bits per heavy atom.